The molecule has 1 aliphatic carbocycles. The third kappa shape index (κ3) is 3.94. The smallest absolute Gasteiger partial charge is 0.221 e. The standard InChI is InChI=1S/C16H24N2O3/c1-16(2)10-13-12(14(19)11-16)4-7-18(13)8-5-15(20)17-6-9-21-3/h4,7H,5-6,8-11H2,1-3H3,(H,17,20). The molecule has 5 heteroatoms. The molecule has 2 rings (SSSR count). The normalized spacial score (nSPS) is 16.6. The van der Waals surface area contributed by atoms with Crippen molar-refractivity contribution in [3.05, 3.63) is 23.5 Å². The summed E-state index contributed by atoms with van der Waals surface area (Å²) in [5.74, 6) is 0.223. The molecule has 0 atom stereocenters. The van der Waals surface area contributed by atoms with Crippen LogP contribution >= 0.6 is 0 Å². The average Bonchev–Trinajstić information content (AvgIpc) is 2.78. The lowest BCUT2D eigenvalue weighted by atomic mass is 9.76. The number of nitrogens with one attached hydrogen (secondary N) is 1. The second-order valence-electron chi connectivity index (χ2n) is 6.40. The highest BCUT2D eigenvalue weighted by Crippen LogP contribution is 2.35. The van der Waals surface area contributed by atoms with Crippen LogP contribution in [0.15, 0.2) is 12.3 Å². The van der Waals surface area contributed by atoms with Crippen molar-refractivity contribution in [3.63, 3.8) is 0 Å². The molecule has 0 saturated carbocycles. The van der Waals surface area contributed by atoms with Crippen LogP contribution in [0.1, 0.15) is 42.7 Å². The van der Waals surface area contributed by atoms with E-state index in [1.807, 2.05) is 16.8 Å². The highest BCUT2D eigenvalue weighted by Gasteiger charge is 2.32. The Labute approximate surface area is 125 Å². The van der Waals surface area contributed by atoms with Gasteiger partial charge in [0.25, 0.3) is 0 Å². The molecule has 116 valence electrons. The van der Waals surface area contributed by atoms with Crippen LogP contribution < -0.4 is 5.32 Å². The van der Waals surface area contributed by atoms with E-state index in [1.165, 1.54) is 0 Å². The fourth-order valence-electron chi connectivity index (χ4n) is 2.81. The zero-order chi connectivity index (χ0) is 15.5. The first-order valence-electron chi connectivity index (χ1n) is 7.40. The molecule has 1 N–H and O–H groups in total. The molecule has 0 aliphatic heterocycles. The maximum absolute atomic E-state index is 12.1. The van der Waals surface area contributed by atoms with Crippen molar-refractivity contribution in [2.45, 2.75) is 39.7 Å². The number of rotatable bonds is 6. The fraction of sp³-hybridized carbons (Fsp3) is 0.625. The maximum Gasteiger partial charge on any atom is 0.221 e. The molecule has 0 unspecified atom stereocenters. The summed E-state index contributed by atoms with van der Waals surface area (Å²) in [4.78, 5) is 23.8. The number of aryl methyl sites for hydroxylation is 1. The van der Waals surface area contributed by atoms with Gasteiger partial charge in [-0.3, -0.25) is 9.59 Å². The molecule has 5 nitrogen and oxygen atoms in total. The minimum Gasteiger partial charge on any atom is -0.383 e. The zero-order valence-electron chi connectivity index (χ0n) is 13.1. The number of aromatic nitrogens is 1. The Morgan fingerprint density at radius 2 is 2.19 bits per heavy atom. The van der Waals surface area contributed by atoms with Gasteiger partial charge < -0.3 is 14.6 Å². The first kappa shape index (κ1) is 15.8. The number of nitrogens with zero attached hydrogens (tertiary/aromatic N) is 1. The van der Waals surface area contributed by atoms with Crippen LogP contribution in [0.3, 0.4) is 0 Å². The highest BCUT2D eigenvalue weighted by molar-refractivity contribution is 5.98. The Hall–Kier alpha value is -1.62. The summed E-state index contributed by atoms with van der Waals surface area (Å²) in [5.41, 5.74) is 1.90. The summed E-state index contributed by atoms with van der Waals surface area (Å²) in [6.07, 6.45) is 3.82. The van der Waals surface area contributed by atoms with Gasteiger partial charge in [0, 0.05) is 50.5 Å². The fourth-order valence-corrected chi connectivity index (χ4v) is 2.81. The monoisotopic (exact) mass is 292 g/mol. The third-order valence-electron chi connectivity index (χ3n) is 3.87. The number of carbonyl (C=O) groups is 2. The van der Waals surface area contributed by atoms with Gasteiger partial charge in [-0.2, -0.15) is 0 Å². The van der Waals surface area contributed by atoms with Crippen molar-refractivity contribution in [2.75, 3.05) is 20.3 Å². The van der Waals surface area contributed by atoms with E-state index in [0.717, 1.165) is 17.7 Å². The number of methoxy groups -OCH3 is 1. The number of Topliss-reactive ketones (excluding diaryl/α,β-unsaturated/α-hetero) is 1. The molecule has 0 fully saturated rings. The molecule has 0 radical (unpaired) electrons. The third-order valence-corrected chi connectivity index (χ3v) is 3.87. The molecule has 1 aliphatic rings. The van der Waals surface area contributed by atoms with Crippen LogP contribution in [0.5, 0.6) is 0 Å². The van der Waals surface area contributed by atoms with Gasteiger partial charge in [-0.15, -0.1) is 0 Å². The van der Waals surface area contributed by atoms with Crippen molar-refractivity contribution in [2.24, 2.45) is 5.41 Å². The lowest BCUT2D eigenvalue weighted by Crippen LogP contribution is -2.30. The first-order chi connectivity index (χ1) is 9.93. The van der Waals surface area contributed by atoms with Crippen molar-refractivity contribution in [3.8, 4) is 0 Å². The van der Waals surface area contributed by atoms with E-state index in [1.54, 1.807) is 7.11 Å². The first-order valence-corrected chi connectivity index (χ1v) is 7.40. The Balaban J connectivity index is 1.97. The van der Waals surface area contributed by atoms with Crippen molar-refractivity contribution in [1.82, 2.24) is 9.88 Å². The summed E-state index contributed by atoms with van der Waals surface area (Å²) in [5, 5.41) is 2.81. The number of carbonyl (C=O) groups excluding carboxylic acids is 2. The molecule has 0 saturated heterocycles. The van der Waals surface area contributed by atoms with Gasteiger partial charge >= 0.3 is 0 Å². The van der Waals surface area contributed by atoms with Gasteiger partial charge in [0.2, 0.25) is 5.91 Å². The largest absolute Gasteiger partial charge is 0.383 e. The molecule has 0 bridgehead atoms. The van der Waals surface area contributed by atoms with E-state index < -0.39 is 0 Å². The second kappa shape index (κ2) is 6.43. The number of hydrogen-bond donors (Lipinski definition) is 1. The molecule has 1 aromatic heterocycles. The van der Waals surface area contributed by atoms with E-state index in [9.17, 15) is 9.59 Å². The van der Waals surface area contributed by atoms with E-state index in [-0.39, 0.29) is 17.1 Å². The minimum absolute atomic E-state index is 0.000903. The van der Waals surface area contributed by atoms with Gasteiger partial charge in [-0.05, 0) is 17.9 Å². The summed E-state index contributed by atoms with van der Waals surface area (Å²) >= 11 is 0. The van der Waals surface area contributed by atoms with Crippen LogP contribution in [0.25, 0.3) is 0 Å². The van der Waals surface area contributed by atoms with E-state index in [2.05, 4.69) is 19.2 Å². The second-order valence-corrected chi connectivity index (χ2v) is 6.40. The Bertz CT molecular complexity index is 532. The van der Waals surface area contributed by atoms with E-state index in [4.69, 9.17) is 4.74 Å². The van der Waals surface area contributed by atoms with Crippen molar-refractivity contribution >= 4 is 11.7 Å². The van der Waals surface area contributed by atoms with E-state index >= 15 is 0 Å². The summed E-state index contributed by atoms with van der Waals surface area (Å²) in [6, 6.07) is 1.88. The Morgan fingerprint density at radius 3 is 2.90 bits per heavy atom. The quantitative estimate of drug-likeness (QED) is 0.813. The number of hydrogen-bond acceptors (Lipinski definition) is 3. The average molecular weight is 292 g/mol. The van der Waals surface area contributed by atoms with Gasteiger partial charge in [-0.1, -0.05) is 13.8 Å². The summed E-state index contributed by atoms with van der Waals surface area (Å²) < 4.78 is 6.94. The van der Waals surface area contributed by atoms with Crippen LogP contribution in [-0.2, 0) is 22.5 Å². The lowest BCUT2D eigenvalue weighted by Gasteiger charge is -2.29. The molecule has 21 heavy (non-hydrogen) atoms. The van der Waals surface area contributed by atoms with Gasteiger partial charge in [0.1, 0.15) is 0 Å². The van der Waals surface area contributed by atoms with E-state index in [0.29, 0.717) is 32.5 Å². The molecule has 1 aromatic rings. The van der Waals surface area contributed by atoms with Gasteiger partial charge in [-0.25, -0.2) is 0 Å². The number of ketones is 1. The summed E-state index contributed by atoms with van der Waals surface area (Å²) in [7, 11) is 1.61. The topological polar surface area (TPSA) is 60.3 Å². The summed E-state index contributed by atoms with van der Waals surface area (Å²) in [6.45, 7) is 5.89. The van der Waals surface area contributed by atoms with Crippen LogP contribution in [0.4, 0.5) is 0 Å². The van der Waals surface area contributed by atoms with Crippen LogP contribution in [0.2, 0.25) is 0 Å². The number of amides is 1. The number of fused-ring (bicyclic) bond motifs is 1. The predicted molar refractivity (Wildman–Crippen MR) is 80.4 cm³/mol. The van der Waals surface area contributed by atoms with Gasteiger partial charge in [0.05, 0.1) is 6.61 Å². The van der Waals surface area contributed by atoms with Crippen molar-refractivity contribution in [1.29, 1.82) is 0 Å². The predicted octanol–water partition coefficient (Wildman–Crippen LogP) is 1.80. The minimum atomic E-state index is 0.000903. The molecule has 0 spiro atoms. The van der Waals surface area contributed by atoms with Crippen LogP contribution in [-0.4, -0.2) is 36.5 Å². The zero-order valence-corrected chi connectivity index (χ0v) is 13.1. The molecular formula is C16H24N2O3. The molecule has 0 aromatic carbocycles. The molecule has 1 amide bonds. The Kier molecular flexibility index (Phi) is 4.83. The number of ether oxygens (including phenoxy) is 1. The van der Waals surface area contributed by atoms with Crippen LogP contribution in [0, 0.1) is 5.41 Å². The van der Waals surface area contributed by atoms with Gasteiger partial charge in [0.15, 0.2) is 5.78 Å². The maximum atomic E-state index is 12.1. The Morgan fingerprint density at radius 1 is 1.43 bits per heavy atom. The molecule has 1 heterocycles. The molecular weight excluding hydrogens is 268 g/mol. The SMILES string of the molecule is COCCNC(=O)CCn1ccc2c1CC(C)(C)CC2=O. The highest BCUT2D eigenvalue weighted by atomic mass is 16.5. The van der Waals surface area contributed by atoms with Crippen molar-refractivity contribution < 1.29 is 14.3 Å². The lowest BCUT2D eigenvalue weighted by molar-refractivity contribution is -0.121.